The van der Waals surface area contributed by atoms with E-state index < -0.39 is 4.92 Å². The zero-order chi connectivity index (χ0) is 18.5. The van der Waals surface area contributed by atoms with Gasteiger partial charge in [0, 0.05) is 48.4 Å². The van der Waals surface area contributed by atoms with Gasteiger partial charge in [-0.2, -0.15) is 5.10 Å². The van der Waals surface area contributed by atoms with Gasteiger partial charge in [0.15, 0.2) is 5.82 Å². The van der Waals surface area contributed by atoms with Gasteiger partial charge in [0.05, 0.1) is 16.7 Å². The Hall–Kier alpha value is -3.49. The van der Waals surface area contributed by atoms with E-state index in [2.05, 4.69) is 44.2 Å². The molecule has 2 N–H and O–H groups in total. The van der Waals surface area contributed by atoms with E-state index in [4.69, 9.17) is 0 Å². The maximum absolute atomic E-state index is 10.8. The van der Waals surface area contributed by atoms with Crippen LogP contribution in [-0.4, -0.2) is 39.2 Å². The summed E-state index contributed by atoms with van der Waals surface area (Å²) in [5, 5.41) is 15.9. The van der Waals surface area contributed by atoms with Crippen molar-refractivity contribution in [3.63, 3.8) is 0 Å². The second-order valence-corrected chi connectivity index (χ2v) is 5.53. The summed E-state index contributed by atoms with van der Waals surface area (Å²) in [6, 6.07) is 6.51. The van der Waals surface area contributed by atoms with Gasteiger partial charge in [-0.25, -0.2) is 9.97 Å². The quantitative estimate of drug-likeness (QED) is 0.383. The van der Waals surface area contributed by atoms with Crippen molar-refractivity contribution in [2.75, 3.05) is 23.4 Å². The fourth-order valence-electron chi connectivity index (χ4n) is 2.65. The van der Waals surface area contributed by atoms with Gasteiger partial charge in [-0.05, 0) is 19.9 Å². The number of nitrogens with zero attached hydrogens (tertiary/aromatic N) is 5. The van der Waals surface area contributed by atoms with Gasteiger partial charge in [-0.1, -0.05) is 0 Å². The lowest BCUT2D eigenvalue weighted by Crippen LogP contribution is -2.23. The predicted octanol–water partition coefficient (Wildman–Crippen LogP) is 3.16. The largest absolute Gasteiger partial charge is 0.360 e. The molecule has 2 heterocycles. The third kappa shape index (κ3) is 3.61. The Morgan fingerprint density at radius 3 is 2.85 bits per heavy atom. The summed E-state index contributed by atoms with van der Waals surface area (Å²) in [6.45, 7) is 5.85. The van der Waals surface area contributed by atoms with Crippen LogP contribution in [0.25, 0.3) is 10.9 Å². The van der Waals surface area contributed by atoms with Crippen LogP contribution < -0.4 is 10.3 Å². The Kier molecular flexibility index (Phi) is 5.07. The van der Waals surface area contributed by atoms with Gasteiger partial charge in [-0.3, -0.25) is 15.5 Å². The van der Waals surface area contributed by atoms with Crippen LogP contribution in [0.15, 0.2) is 41.9 Å². The van der Waals surface area contributed by atoms with Gasteiger partial charge in [0.1, 0.15) is 12.1 Å². The van der Waals surface area contributed by atoms with Crippen LogP contribution in [-0.2, 0) is 0 Å². The van der Waals surface area contributed by atoms with Crippen LogP contribution in [0.2, 0.25) is 0 Å². The molecule has 0 saturated heterocycles. The van der Waals surface area contributed by atoms with Gasteiger partial charge < -0.3 is 9.88 Å². The molecule has 0 fully saturated rings. The molecule has 9 nitrogen and oxygen atoms in total. The van der Waals surface area contributed by atoms with E-state index in [0.717, 1.165) is 29.9 Å². The molecule has 0 bridgehead atoms. The summed E-state index contributed by atoms with van der Waals surface area (Å²) >= 11 is 0. The molecule has 0 aliphatic carbocycles. The molecule has 0 spiro atoms. The van der Waals surface area contributed by atoms with Crippen LogP contribution in [0.1, 0.15) is 19.4 Å². The minimum Gasteiger partial charge on any atom is -0.360 e. The van der Waals surface area contributed by atoms with Crippen molar-refractivity contribution in [3.8, 4) is 0 Å². The number of hydrogen-bond donors (Lipinski definition) is 2. The molecule has 0 radical (unpaired) electrons. The Balaban J connectivity index is 1.76. The van der Waals surface area contributed by atoms with E-state index in [-0.39, 0.29) is 5.69 Å². The topological polar surface area (TPSA) is 112 Å². The number of aromatic nitrogens is 3. The monoisotopic (exact) mass is 353 g/mol. The Bertz CT molecular complexity index is 947. The van der Waals surface area contributed by atoms with Gasteiger partial charge >= 0.3 is 0 Å². The number of hydrogen-bond acceptors (Lipinski definition) is 7. The predicted molar refractivity (Wildman–Crippen MR) is 102 cm³/mol. The summed E-state index contributed by atoms with van der Waals surface area (Å²) in [5.41, 5.74) is 4.44. The highest BCUT2D eigenvalue weighted by Gasteiger charge is 2.09. The van der Waals surface area contributed by atoms with E-state index in [1.165, 1.54) is 18.5 Å². The normalized spacial score (nSPS) is 11.2. The van der Waals surface area contributed by atoms with E-state index in [0.29, 0.717) is 11.3 Å². The zero-order valence-electron chi connectivity index (χ0n) is 14.5. The first-order chi connectivity index (χ1) is 12.6. The number of non-ortho nitro benzene ring substituents is 1. The second kappa shape index (κ2) is 7.60. The van der Waals surface area contributed by atoms with Crippen molar-refractivity contribution in [2.24, 2.45) is 5.10 Å². The average Bonchev–Trinajstić information content (AvgIpc) is 3.05. The number of nitro groups is 1. The van der Waals surface area contributed by atoms with Crippen molar-refractivity contribution in [2.45, 2.75) is 13.8 Å². The smallest absolute Gasteiger partial charge is 0.271 e. The number of nitro benzene ring substituents is 1. The lowest BCUT2D eigenvalue weighted by Gasteiger charge is -2.19. The molecule has 0 unspecified atom stereocenters. The van der Waals surface area contributed by atoms with Crippen LogP contribution in [0.5, 0.6) is 0 Å². The molecule has 134 valence electrons. The number of fused-ring (bicyclic) bond motifs is 1. The molecule has 9 heteroatoms. The highest BCUT2D eigenvalue weighted by Crippen LogP contribution is 2.22. The summed E-state index contributed by atoms with van der Waals surface area (Å²) < 4.78 is 0. The van der Waals surface area contributed by atoms with Crippen LogP contribution >= 0.6 is 0 Å². The number of anilines is 2. The van der Waals surface area contributed by atoms with Crippen molar-refractivity contribution in [1.29, 1.82) is 0 Å². The highest BCUT2D eigenvalue weighted by molar-refractivity contribution is 5.99. The van der Waals surface area contributed by atoms with E-state index >= 15 is 0 Å². The van der Waals surface area contributed by atoms with Gasteiger partial charge in [0.2, 0.25) is 0 Å². The first-order valence-corrected chi connectivity index (χ1v) is 8.24. The SMILES string of the molecule is CCN(CC)c1cc(N/N=C/c2c[nH]c3cc([N+](=O)[O-])ccc23)ncn1. The Morgan fingerprint density at radius 2 is 2.12 bits per heavy atom. The number of aromatic amines is 1. The molecule has 2 aromatic heterocycles. The molecule has 3 rings (SSSR count). The fourth-order valence-corrected chi connectivity index (χ4v) is 2.65. The van der Waals surface area contributed by atoms with Gasteiger partial charge in [0.25, 0.3) is 5.69 Å². The average molecular weight is 353 g/mol. The summed E-state index contributed by atoms with van der Waals surface area (Å²) in [5.74, 6) is 1.43. The Labute approximate surface area is 149 Å². The number of rotatable bonds is 7. The van der Waals surface area contributed by atoms with Gasteiger partial charge in [-0.15, -0.1) is 0 Å². The van der Waals surface area contributed by atoms with Crippen molar-refractivity contribution in [3.05, 3.63) is 52.5 Å². The first kappa shape index (κ1) is 17.3. The number of H-pyrrole nitrogens is 1. The molecule has 0 saturated carbocycles. The second-order valence-electron chi connectivity index (χ2n) is 5.53. The molecule has 0 atom stereocenters. The maximum atomic E-state index is 10.8. The first-order valence-electron chi connectivity index (χ1n) is 8.24. The van der Waals surface area contributed by atoms with Crippen LogP contribution in [0, 0.1) is 10.1 Å². The van der Waals surface area contributed by atoms with E-state index in [1.807, 2.05) is 6.07 Å². The lowest BCUT2D eigenvalue weighted by atomic mass is 10.2. The number of hydrazone groups is 1. The molecule has 26 heavy (non-hydrogen) atoms. The molecular weight excluding hydrogens is 334 g/mol. The summed E-state index contributed by atoms with van der Waals surface area (Å²) in [6.07, 6.45) is 4.89. The van der Waals surface area contributed by atoms with Crippen molar-refractivity contribution in [1.82, 2.24) is 15.0 Å². The third-order valence-corrected chi connectivity index (χ3v) is 4.03. The molecular formula is C17H19N7O2. The van der Waals surface area contributed by atoms with Crippen LogP contribution in [0.3, 0.4) is 0 Å². The van der Waals surface area contributed by atoms with E-state index in [9.17, 15) is 10.1 Å². The molecule has 0 aliphatic rings. The molecule has 1 aromatic carbocycles. The lowest BCUT2D eigenvalue weighted by molar-refractivity contribution is -0.384. The molecule has 3 aromatic rings. The zero-order valence-corrected chi connectivity index (χ0v) is 14.5. The van der Waals surface area contributed by atoms with Crippen molar-refractivity contribution < 1.29 is 4.92 Å². The number of nitrogens with one attached hydrogen (secondary N) is 2. The third-order valence-electron chi connectivity index (χ3n) is 4.03. The van der Waals surface area contributed by atoms with Crippen LogP contribution in [0.4, 0.5) is 17.3 Å². The number of benzene rings is 1. The summed E-state index contributed by atoms with van der Waals surface area (Å²) in [7, 11) is 0. The minimum atomic E-state index is -0.418. The van der Waals surface area contributed by atoms with E-state index in [1.54, 1.807) is 18.5 Å². The molecule has 0 aliphatic heterocycles. The standard InChI is InChI=1S/C17H19N7O2/c1-3-23(4-2)17-8-16(19-11-20-17)22-21-10-12-9-18-15-7-13(24(25)26)5-6-14(12)15/h5-11,18H,3-4H2,1-2H3,(H,19,20,22)/b21-10+. The van der Waals surface area contributed by atoms with Crippen molar-refractivity contribution >= 4 is 34.4 Å². The Morgan fingerprint density at radius 1 is 1.31 bits per heavy atom. The molecule has 0 amide bonds. The fraction of sp³-hybridized carbons (Fsp3) is 0.235. The maximum Gasteiger partial charge on any atom is 0.271 e. The summed E-state index contributed by atoms with van der Waals surface area (Å²) in [4.78, 5) is 24.0. The highest BCUT2D eigenvalue weighted by atomic mass is 16.6. The minimum absolute atomic E-state index is 0.0471.